The van der Waals surface area contributed by atoms with Gasteiger partial charge < -0.3 is 9.84 Å². The topological polar surface area (TPSA) is 68.0 Å². The number of para-hydroxylation sites is 1. The zero-order valence-corrected chi connectivity index (χ0v) is 11.2. The van der Waals surface area contributed by atoms with E-state index >= 15 is 0 Å². The molecule has 0 radical (unpaired) electrons. The Bertz CT molecular complexity index is 821. The lowest BCUT2D eigenvalue weighted by atomic mass is 10.2. The number of carbonyl (C=O) groups is 1. The first-order chi connectivity index (χ1) is 10.3. The van der Waals surface area contributed by atoms with Gasteiger partial charge in [-0.1, -0.05) is 23.4 Å². The van der Waals surface area contributed by atoms with Gasteiger partial charge in [-0.2, -0.15) is 0 Å². The Kier molecular flexibility index (Phi) is 2.70. The Morgan fingerprint density at radius 2 is 2.10 bits per heavy atom. The zero-order chi connectivity index (χ0) is 14.2. The summed E-state index contributed by atoms with van der Waals surface area (Å²) in [5.41, 5.74) is 1.85. The van der Waals surface area contributed by atoms with Crippen molar-refractivity contribution in [2.45, 2.75) is 18.8 Å². The van der Waals surface area contributed by atoms with E-state index in [2.05, 4.69) is 15.5 Å². The first kappa shape index (κ1) is 12.1. The average Bonchev–Trinajstić information content (AvgIpc) is 3.24. The molecule has 0 spiro atoms. The summed E-state index contributed by atoms with van der Waals surface area (Å²) >= 11 is 0. The molecule has 0 atom stereocenters. The van der Waals surface area contributed by atoms with Crippen molar-refractivity contribution in [3.8, 4) is 0 Å². The van der Waals surface area contributed by atoms with Gasteiger partial charge in [0.2, 0.25) is 0 Å². The molecule has 1 aliphatic carbocycles. The van der Waals surface area contributed by atoms with E-state index in [1.165, 1.54) is 0 Å². The lowest BCUT2D eigenvalue weighted by molar-refractivity contribution is 0.101. The molecule has 0 bridgehead atoms. The van der Waals surface area contributed by atoms with Crippen molar-refractivity contribution in [2.24, 2.45) is 0 Å². The van der Waals surface area contributed by atoms with E-state index in [1.54, 1.807) is 12.3 Å². The van der Waals surface area contributed by atoms with Gasteiger partial charge >= 0.3 is 0 Å². The van der Waals surface area contributed by atoms with E-state index in [4.69, 9.17) is 4.52 Å². The second-order valence-corrected chi connectivity index (χ2v) is 5.26. The molecule has 5 nitrogen and oxygen atoms in total. The van der Waals surface area contributed by atoms with E-state index in [-0.39, 0.29) is 5.91 Å². The van der Waals surface area contributed by atoms with Crippen LogP contribution in [0.2, 0.25) is 0 Å². The van der Waals surface area contributed by atoms with Crippen LogP contribution in [0.5, 0.6) is 0 Å². The maximum absolute atomic E-state index is 12.1. The molecule has 0 saturated heterocycles. The Morgan fingerprint density at radius 1 is 1.24 bits per heavy atom. The SMILES string of the molecule is O=C(Nc1cnc2ccccc2c1)c1cc(C2CC2)on1. The molecular formula is C16H13N3O2. The predicted octanol–water partition coefficient (Wildman–Crippen LogP) is 3.35. The van der Waals surface area contributed by atoms with Gasteiger partial charge in [-0.05, 0) is 25.0 Å². The third-order valence-corrected chi connectivity index (χ3v) is 3.59. The van der Waals surface area contributed by atoms with E-state index in [1.807, 2.05) is 30.3 Å². The highest BCUT2D eigenvalue weighted by Gasteiger charge is 2.28. The predicted molar refractivity (Wildman–Crippen MR) is 78.2 cm³/mol. The first-order valence-corrected chi connectivity index (χ1v) is 6.92. The molecule has 0 unspecified atom stereocenters. The maximum atomic E-state index is 12.1. The monoisotopic (exact) mass is 279 g/mol. The highest BCUT2D eigenvalue weighted by molar-refractivity contribution is 6.03. The molecule has 0 aliphatic heterocycles. The van der Waals surface area contributed by atoms with Gasteiger partial charge in [0.25, 0.3) is 5.91 Å². The van der Waals surface area contributed by atoms with Crippen LogP contribution in [-0.4, -0.2) is 16.0 Å². The second-order valence-electron chi connectivity index (χ2n) is 5.26. The average molecular weight is 279 g/mol. The second kappa shape index (κ2) is 4.70. The number of amides is 1. The molecule has 1 N–H and O–H groups in total. The van der Waals surface area contributed by atoms with Gasteiger partial charge in [0, 0.05) is 17.4 Å². The summed E-state index contributed by atoms with van der Waals surface area (Å²) in [4.78, 5) is 16.5. The number of pyridine rings is 1. The minimum atomic E-state index is -0.275. The Balaban J connectivity index is 1.56. The molecule has 3 aromatic rings. The number of hydrogen-bond donors (Lipinski definition) is 1. The lowest BCUT2D eigenvalue weighted by Crippen LogP contribution is -2.12. The smallest absolute Gasteiger partial charge is 0.277 e. The quantitative estimate of drug-likeness (QED) is 0.798. The third-order valence-electron chi connectivity index (χ3n) is 3.59. The van der Waals surface area contributed by atoms with Crippen molar-refractivity contribution in [2.75, 3.05) is 5.32 Å². The summed E-state index contributed by atoms with van der Waals surface area (Å²) in [5, 5.41) is 7.61. The highest BCUT2D eigenvalue weighted by Crippen LogP contribution is 2.40. The number of fused-ring (bicyclic) bond motifs is 1. The number of benzene rings is 1. The summed E-state index contributed by atoms with van der Waals surface area (Å²) in [6.45, 7) is 0. The standard InChI is InChI=1S/C16H13N3O2/c20-16(14-8-15(21-19-14)10-5-6-10)18-12-7-11-3-1-2-4-13(11)17-9-12/h1-4,7-10H,5-6H2,(H,18,20). The number of aromatic nitrogens is 2. The highest BCUT2D eigenvalue weighted by atomic mass is 16.5. The van der Waals surface area contributed by atoms with Crippen LogP contribution in [-0.2, 0) is 0 Å². The van der Waals surface area contributed by atoms with Gasteiger partial charge in [-0.15, -0.1) is 0 Å². The van der Waals surface area contributed by atoms with Gasteiger partial charge in [0.15, 0.2) is 5.69 Å². The molecule has 1 aromatic carbocycles. The van der Waals surface area contributed by atoms with Gasteiger partial charge in [0.1, 0.15) is 5.76 Å². The molecule has 1 aliphatic rings. The van der Waals surface area contributed by atoms with Crippen molar-refractivity contribution in [1.29, 1.82) is 0 Å². The molecular weight excluding hydrogens is 266 g/mol. The van der Waals surface area contributed by atoms with Crippen LogP contribution < -0.4 is 5.32 Å². The summed E-state index contributed by atoms with van der Waals surface area (Å²) in [6.07, 6.45) is 3.87. The van der Waals surface area contributed by atoms with Crippen molar-refractivity contribution >= 4 is 22.5 Å². The molecule has 2 aromatic heterocycles. The van der Waals surface area contributed by atoms with Crippen LogP contribution in [0.1, 0.15) is 35.0 Å². The van der Waals surface area contributed by atoms with E-state index in [9.17, 15) is 4.79 Å². The van der Waals surface area contributed by atoms with Crippen molar-refractivity contribution in [3.63, 3.8) is 0 Å². The summed E-state index contributed by atoms with van der Waals surface area (Å²) < 4.78 is 5.19. The van der Waals surface area contributed by atoms with Crippen LogP contribution in [0.25, 0.3) is 10.9 Å². The van der Waals surface area contributed by atoms with Crippen molar-refractivity contribution in [3.05, 3.63) is 54.0 Å². The number of anilines is 1. The summed E-state index contributed by atoms with van der Waals surface area (Å²) in [7, 11) is 0. The Hall–Kier alpha value is -2.69. The number of rotatable bonds is 3. The Morgan fingerprint density at radius 3 is 2.95 bits per heavy atom. The minimum Gasteiger partial charge on any atom is -0.360 e. The molecule has 4 rings (SSSR count). The summed E-state index contributed by atoms with van der Waals surface area (Å²) in [5.74, 6) is 0.973. The molecule has 104 valence electrons. The van der Waals surface area contributed by atoms with Crippen molar-refractivity contribution in [1.82, 2.24) is 10.1 Å². The number of carbonyl (C=O) groups excluding carboxylic acids is 1. The summed E-state index contributed by atoms with van der Waals surface area (Å²) in [6, 6.07) is 11.4. The maximum Gasteiger partial charge on any atom is 0.277 e. The fourth-order valence-corrected chi connectivity index (χ4v) is 2.29. The fourth-order valence-electron chi connectivity index (χ4n) is 2.29. The van der Waals surface area contributed by atoms with Gasteiger partial charge in [0.05, 0.1) is 17.4 Å². The normalized spacial score (nSPS) is 14.3. The first-order valence-electron chi connectivity index (χ1n) is 6.92. The molecule has 5 heteroatoms. The zero-order valence-electron chi connectivity index (χ0n) is 11.2. The largest absolute Gasteiger partial charge is 0.360 e. The molecule has 2 heterocycles. The van der Waals surface area contributed by atoms with Crippen LogP contribution in [0, 0.1) is 0 Å². The molecule has 21 heavy (non-hydrogen) atoms. The van der Waals surface area contributed by atoms with E-state index < -0.39 is 0 Å². The van der Waals surface area contributed by atoms with Crippen LogP contribution in [0.3, 0.4) is 0 Å². The lowest BCUT2D eigenvalue weighted by Gasteiger charge is -2.03. The van der Waals surface area contributed by atoms with Crippen LogP contribution in [0.15, 0.2) is 47.1 Å². The fraction of sp³-hybridized carbons (Fsp3) is 0.188. The molecule has 1 fully saturated rings. The Labute approximate surface area is 121 Å². The number of nitrogens with zero attached hydrogens (tertiary/aromatic N) is 2. The third kappa shape index (κ3) is 2.38. The van der Waals surface area contributed by atoms with E-state index in [0.29, 0.717) is 17.3 Å². The number of nitrogens with one attached hydrogen (secondary N) is 1. The molecule has 1 saturated carbocycles. The van der Waals surface area contributed by atoms with Crippen LogP contribution >= 0.6 is 0 Å². The molecule has 1 amide bonds. The minimum absolute atomic E-state index is 0.275. The van der Waals surface area contributed by atoms with Crippen LogP contribution in [0.4, 0.5) is 5.69 Å². The van der Waals surface area contributed by atoms with Gasteiger partial charge in [-0.3, -0.25) is 9.78 Å². The van der Waals surface area contributed by atoms with Crippen molar-refractivity contribution < 1.29 is 9.32 Å². The number of hydrogen-bond acceptors (Lipinski definition) is 4. The van der Waals surface area contributed by atoms with Gasteiger partial charge in [-0.25, -0.2) is 0 Å². The van der Waals surface area contributed by atoms with E-state index in [0.717, 1.165) is 29.5 Å².